The third-order valence-electron chi connectivity index (χ3n) is 6.13. The fraction of sp³-hybridized carbons (Fsp3) is 0.348. The Bertz CT molecular complexity index is 1340. The van der Waals surface area contributed by atoms with Crippen LogP contribution >= 0.6 is 11.6 Å². The summed E-state index contributed by atoms with van der Waals surface area (Å²) in [5, 5.41) is 16.7. The van der Waals surface area contributed by atoms with Gasteiger partial charge in [-0.3, -0.25) is 4.79 Å². The van der Waals surface area contributed by atoms with Gasteiger partial charge in [-0.15, -0.1) is 0 Å². The van der Waals surface area contributed by atoms with Crippen LogP contribution in [0.4, 0.5) is 23.2 Å². The summed E-state index contributed by atoms with van der Waals surface area (Å²) in [4.78, 5) is 24.6. The third kappa shape index (κ3) is 4.27. The molecule has 2 atom stereocenters. The van der Waals surface area contributed by atoms with Gasteiger partial charge in [-0.1, -0.05) is 16.8 Å². The second kappa shape index (κ2) is 8.66. The largest absolute Gasteiger partial charge is 0.426 e. The first-order valence-electron chi connectivity index (χ1n) is 10.4. The summed E-state index contributed by atoms with van der Waals surface area (Å²) >= 11 is 6.14. The van der Waals surface area contributed by atoms with E-state index in [-0.39, 0.29) is 33.6 Å². The zero-order chi connectivity index (χ0) is 24.8. The molecular weight excluding hydrogens is 480 g/mol. The molecule has 4 rings (SSSR count). The second-order valence-corrected chi connectivity index (χ2v) is 8.79. The van der Waals surface area contributed by atoms with Crippen molar-refractivity contribution in [3.05, 3.63) is 68.4 Å². The summed E-state index contributed by atoms with van der Waals surface area (Å²) in [6.45, 7) is 1.52. The van der Waals surface area contributed by atoms with Gasteiger partial charge in [0.05, 0.1) is 11.1 Å². The van der Waals surface area contributed by atoms with Crippen molar-refractivity contribution >= 4 is 34.0 Å². The van der Waals surface area contributed by atoms with Gasteiger partial charge >= 0.3 is 11.8 Å². The van der Waals surface area contributed by atoms with E-state index in [1.165, 1.54) is 31.2 Å². The first kappa shape index (κ1) is 24.2. The molecule has 0 aliphatic heterocycles. The molecule has 0 fully saturated rings. The van der Waals surface area contributed by atoms with Gasteiger partial charge in [0.1, 0.15) is 5.82 Å². The molecular formula is C23H19ClF4N2O4. The van der Waals surface area contributed by atoms with Crippen LogP contribution in [0.5, 0.6) is 0 Å². The predicted octanol–water partition coefficient (Wildman–Crippen LogP) is 5.03. The van der Waals surface area contributed by atoms with Gasteiger partial charge in [0, 0.05) is 22.5 Å². The topological polar surface area (TPSA) is 92.4 Å². The number of carbonyl (C=O) groups excluding carboxylic acids is 1. The molecule has 0 saturated heterocycles. The van der Waals surface area contributed by atoms with Gasteiger partial charge in [0.15, 0.2) is 0 Å². The van der Waals surface area contributed by atoms with Crippen molar-refractivity contribution in [2.45, 2.75) is 50.3 Å². The lowest BCUT2D eigenvalue weighted by Gasteiger charge is -2.35. The number of nitrogens with zero attached hydrogens (tertiary/aromatic N) is 1. The molecule has 0 radical (unpaired) electrons. The minimum absolute atomic E-state index is 0.0408. The summed E-state index contributed by atoms with van der Waals surface area (Å²) < 4.78 is 60.5. The maximum absolute atomic E-state index is 14.1. The summed E-state index contributed by atoms with van der Waals surface area (Å²) in [6.07, 6.45) is -5.18. The number of hydrogen-bond acceptors (Lipinski definition) is 5. The van der Waals surface area contributed by atoms with Crippen LogP contribution in [-0.4, -0.2) is 27.9 Å². The normalized spacial score (nSPS) is 17.8. The molecule has 180 valence electrons. The van der Waals surface area contributed by atoms with E-state index in [1.54, 1.807) is 0 Å². The molecule has 11 heteroatoms. The molecule has 2 aromatic carbocycles. The van der Waals surface area contributed by atoms with Crippen LogP contribution < -0.4 is 10.9 Å². The first-order valence-corrected chi connectivity index (χ1v) is 10.8. The molecule has 1 amide bonds. The lowest BCUT2D eigenvalue weighted by Crippen LogP contribution is -2.55. The van der Waals surface area contributed by atoms with Crippen LogP contribution in [0.1, 0.15) is 42.0 Å². The minimum atomic E-state index is -5.31. The van der Waals surface area contributed by atoms with Gasteiger partial charge in [-0.05, 0) is 73.6 Å². The van der Waals surface area contributed by atoms with Crippen LogP contribution in [0.3, 0.4) is 0 Å². The van der Waals surface area contributed by atoms with E-state index in [0.717, 1.165) is 6.07 Å². The SMILES string of the molecule is Cc1noc(=O)c2ccc(NC(=O)C(O)(CC3CCCc4cc(F)cc(Cl)c43)C(F)(F)F)cc12. The maximum Gasteiger partial charge on any atom is 0.426 e. The van der Waals surface area contributed by atoms with Crippen molar-refractivity contribution in [2.75, 3.05) is 5.32 Å². The standard InChI is InChI=1S/C23H19ClF4N2O4/c1-11-17-9-15(5-6-16(17)20(31)34-30-11)29-21(32)22(33,23(26,27)28)10-13-4-2-3-12-7-14(25)8-18(24)19(12)13/h5-9,13,33H,2-4,10H2,1H3,(H,29,32). The Morgan fingerprint density at radius 3 is 2.71 bits per heavy atom. The maximum atomic E-state index is 14.1. The summed E-state index contributed by atoms with van der Waals surface area (Å²) in [7, 11) is 0. The van der Waals surface area contributed by atoms with Gasteiger partial charge in [0.25, 0.3) is 5.91 Å². The van der Waals surface area contributed by atoms with Crippen LogP contribution in [0.25, 0.3) is 10.8 Å². The lowest BCUT2D eigenvalue weighted by atomic mass is 9.76. The highest BCUT2D eigenvalue weighted by molar-refractivity contribution is 6.31. The van der Waals surface area contributed by atoms with Crippen molar-refractivity contribution in [1.82, 2.24) is 5.16 Å². The number of halogens is 5. The number of carbonyl (C=O) groups is 1. The molecule has 1 aromatic heterocycles. The third-order valence-corrected chi connectivity index (χ3v) is 6.44. The molecule has 3 aromatic rings. The zero-order valence-corrected chi connectivity index (χ0v) is 18.6. The van der Waals surface area contributed by atoms with Crippen LogP contribution in [0.2, 0.25) is 5.02 Å². The molecule has 1 heterocycles. The number of anilines is 1. The highest BCUT2D eigenvalue weighted by Gasteiger charge is 2.60. The number of hydrogen-bond donors (Lipinski definition) is 2. The smallest absolute Gasteiger partial charge is 0.373 e. The van der Waals surface area contributed by atoms with Gasteiger partial charge in [0.2, 0.25) is 5.60 Å². The average Bonchev–Trinajstić information content (AvgIpc) is 2.75. The van der Waals surface area contributed by atoms with Crippen molar-refractivity contribution in [2.24, 2.45) is 0 Å². The Hall–Kier alpha value is -2.98. The Morgan fingerprint density at radius 2 is 2.00 bits per heavy atom. The van der Waals surface area contributed by atoms with Crippen LogP contribution in [0, 0.1) is 12.7 Å². The Morgan fingerprint density at radius 1 is 1.26 bits per heavy atom. The van der Waals surface area contributed by atoms with E-state index in [1.807, 2.05) is 0 Å². The van der Waals surface area contributed by atoms with Crippen molar-refractivity contribution in [3.63, 3.8) is 0 Å². The van der Waals surface area contributed by atoms with Gasteiger partial charge in [-0.25, -0.2) is 9.18 Å². The number of fused-ring (bicyclic) bond motifs is 2. The molecule has 1 aliphatic carbocycles. The monoisotopic (exact) mass is 498 g/mol. The molecule has 0 bridgehead atoms. The summed E-state index contributed by atoms with van der Waals surface area (Å²) in [5.41, 5.74) is -3.50. The van der Waals surface area contributed by atoms with Crippen molar-refractivity contribution in [1.29, 1.82) is 0 Å². The lowest BCUT2D eigenvalue weighted by molar-refractivity contribution is -0.252. The van der Waals surface area contributed by atoms with E-state index in [4.69, 9.17) is 11.6 Å². The second-order valence-electron chi connectivity index (χ2n) is 8.38. The summed E-state index contributed by atoms with van der Waals surface area (Å²) in [6, 6.07) is 6.00. The number of amides is 1. The van der Waals surface area contributed by atoms with E-state index in [0.29, 0.717) is 24.0 Å². The van der Waals surface area contributed by atoms with E-state index >= 15 is 0 Å². The molecule has 1 aliphatic rings. The molecule has 0 saturated carbocycles. The Labute approximate surface area is 195 Å². The number of benzene rings is 2. The quantitative estimate of drug-likeness (QED) is 0.492. The fourth-order valence-corrected chi connectivity index (χ4v) is 4.81. The number of aryl methyl sites for hydroxylation is 2. The first-order chi connectivity index (χ1) is 15.9. The predicted molar refractivity (Wildman–Crippen MR) is 116 cm³/mol. The van der Waals surface area contributed by atoms with Crippen LogP contribution in [0.15, 0.2) is 39.6 Å². The Balaban J connectivity index is 1.68. The van der Waals surface area contributed by atoms with Crippen molar-refractivity contribution in [3.8, 4) is 0 Å². The van der Waals surface area contributed by atoms with E-state index in [9.17, 15) is 32.3 Å². The fourth-order valence-electron chi connectivity index (χ4n) is 4.43. The number of nitrogens with one attached hydrogen (secondary N) is 1. The van der Waals surface area contributed by atoms with E-state index < -0.39 is 41.5 Å². The minimum Gasteiger partial charge on any atom is -0.373 e. The molecule has 2 unspecified atom stereocenters. The number of rotatable bonds is 4. The Kier molecular flexibility index (Phi) is 6.15. The zero-order valence-electron chi connectivity index (χ0n) is 17.8. The summed E-state index contributed by atoms with van der Waals surface area (Å²) in [5.74, 6) is -3.21. The molecule has 0 spiro atoms. The van der Waals surface area contributed by atoms with Gasteiger partial charge < -0.3 is 14.9 Å². The highest BCUT2D eigenvalue weighted by Crippen LogP contribution is 2.45. The molecule has 34 heavy (non-hydrogen) atoms. The molecule has 6 nitrogen and oxygen atoms in total. The highest BCUT2D eigenvalue weighted by atomic mass is 35.5. The number of aliphatic hydroxyl groups is 1. The van der Waals surface area contributed by atoms with E-state index in [2.05, 4.69) is 15.0 Å². The number of aromatic nitrogens is 1. The van der Waals surface area contributed by atoms with Crippen molar-refractivity contribution < 1.29 is 32.0 Å². The van der Waals surface area contributed by atoms with Crippen LogP contribution in [-0.2, 0) is 11.2 Å². The number of alkyl halides is 3. The average molecular weight is 499 g/mol. The van der Waals surface area contributed by atoms with Gasteiger partial charge in [-0.2, -0.15) is 13.2 Å². The molecule has 2 N–H and O–H groups in total.